The van der Waals surface area contributed by atoms with E-state index in [9.17, 15) is 9.59 Å². The van der Waals surface area contributed by atoms with Crippen LogP contribution >= 0.6 is 11.8 Å². The van der Waals surface area contributed by atoms with Crippen LogP contribution in [0.25, 0.3) is 0 Å². The molecule has 2 aliphatic heterocycles. The number of unbranched alkanes of at least 4 members (excludes halogenated alkanes) is 3. The van der Waals surface area contributed by atoms with Gasteiger partial charge < -0.3 is 9.80 Å². The van der Waals surface area contributed by atoms with Gasteiger partial charge in [0.05, 0.1) is 5.25 Å². The monoisotopic (exact) mass is 334 g/mol. The summed E-state index contributed by atoms with van der Waals surface area (Å²) in [6, 6.07) is 0. The van der Waals surface area contributed by atoms with Gasteiger partial charge in [-0.3, -0.25) is 9.59 Å². The first kappa shape index (κ1) is 17.9. The first-order valence-electron chi connectivity index (χ1n) is 8.33. The first-order valence-corrected chi connectivity index (χ1v) is 9.38. The molecular weight excluding hydrogens is 308 g/mol. The van der Waals surface area contributed by atoms with Crippen molar-refractivity contribution in [3.8, 4) is 0 Å². The molecular formula is C18H26N2O2S. The molecule has 4 nitrogen and oxygen atoms in total. The highest BCUT2D eigenvalue weighted by Crippen LogP contribution is 2.32. The lowest BCUT2D eigenvalue weighted by Crippen LogP contribution is -2.35. The van der Waals surface area contributed by atoms with Crippen molar-refractivity contribution in [1.82, 2.24) is 9.80 Å². The van der Waals surface area contributed by atoms with Gasteiger partial charge >= 0.3 is 0 Å². The summed E-state index contributed by atoms with van der Waals surface area (Å²) in [6.45, 7) is 11.1. The maximum Gasteiger partial charge on any atom is 0.251 e. The van der Waals surface area contributed by atoms with Crippen molar-refractivity contribution in [3.63, 3.8) is 0 Å². The van der Waals surface area contributed by atoms with Crippen molar-refractivity contribution in [3.05, 3.63) is 36.7 Å². The Morgan fingerprint density at radius 2 is 1.87 bits per heavy atom. The fourth-order valence-corrected chi connectivity index (χ4v) is 4.08. The summed E-state index contributed by atoms with van der Waals surface area (Å²) in [5.74, 6) is 1.14. The Morgan fingerprint density at radius 3 is 2.52 bits per heavy atom. The van der Waals surface area contributed by atoms with E-state index in [4.69, 9.17) is 0 Å². The van der Waals surface area contributed by atoms with Crippen molar-refractivity contribution in [1.29, 1.82) is 0 Å². The maximum absolute atomic E-state index is 12.2. The van der Waals surface area contributed by atoms with E-state index in [1.165, 1.54) is 31.8 Å². The summed E-state index contributed by atoms with van der Waals surface area (Å²) in [5.41, 5.74) is 1.58. The zero-order chi connectivity index (χ0) is 16.8. The standard InChI is InChI=1S/C18H26N2O2S/c1-4-5-6-7-12-23-16-13-18(22)20(15(16)3)11-10-19-14(2)8-9-17(19)21/h8-9,16H,2-7,10-13H2,1H3. The average molecular weight is 334 g/mol. The highest BCUT2D eigenvalue weighted by atomic mass is 32.2. The van der Waals surface area contributed by atoms with Gasteiger partial charge in [-0.15, -0.1) is 0 Å². The molecule has 2 aliphatic rings. The molecule has 0 N–H and O–H groups in total. The fraction of sp³-hybridized carbons (Fsp3) is 0.556. The van der Waals surface area contributed by atoms with Gasteiger partial charge in [-0.2, -0.15) is 11.8 Å². The van der Waals surface area contributed by atoms with Gasteiger partial charge in [-0.25, -0.2) is 0 Å². The number of thioether (sulfide) groups is 1. The second kappa shape index (κ2) is 8.39. The van der Waals surface area contributed by atoms with E-state index in [0.29, 0.717) is 25.2 Å². The Labute approximate surface area is 143 Å². The molecule has 0 bridgehead atoms. The Morgan fingerprint density at radius 1 is 1.13 bits per heavy atom. The van der Waals surface area contributed by atoms with Crippen molar-refractivity contribution in [2.75, 3.05) is 18.8 Å². The summed E-state index contributed by atoms with van der Waals surface area (Å²) in [5, 5.41) is 0.194. The van der Waals surface area contributed by atoms with Gasteiger partial charge in [0.15, 0.2) is 0 Å². The van der Waals surface area contributed by atoms with Gasteiger partial charge in [0.25, 0.3) is 5.91 Å². The molecule has 126 valence electrons. The normalized spacial score (nSPS) is 21.2. The highest BCUT2D eigenvalue weighted by molar-refractivity contribution is 8.00. The summed E-state index contributed by atoms with van der Waals surface area (Å²) in [7, 11) is 0. The van der Waals surface area contributed by atoms with E-state index in [1.54, 1.807) is 15.9 Å². The number of carbonyl (C=O) groups is 2. The number of rotatable bonds is 9. The van der Waals surface area contributed by atoms with Gasteiger partial charge in [-0.05, 0) is 18.2 Å². The van der Waals surface area contributed by atoms with E-state index in [2.05, 4.69) is 20.1 Å². The Bertz CT molecular complexity index is 509. The van der Waals surface area contributed by atoms with Gasteiger partial charge in [0.1, 0.15) is 0 Å². The topological polar surface area (TPSA) is 40.6 Å². The van der Waals surface area contributed by atoms with Gasteiger partial charge in [0.2, 0.25) is 5.91 Å². The van der Waals surface area contributed by atoms with Crippen LogP contribution in [-0.2, 0) is 9.59 Å². The molecule has 2 amide bonds. The summed E-state index contributed by atoms with van der Waals surface area (Å²) >= 11 is 1.84. The van der Waals surface area contributed by atoms with E-state index in [1.807, 2.05) is 11.8 Å². The molecule has 1 unspecified atom stereocenters. The molecule has 0 aliphatic carbocycles. The van der Waals surface area contributed by atoms with Gasteiger partial charge in [-0.1, -0.05) is 39.3 Å². The third-order valence-electron chi connectivity index (χ3n) is 4.27. The molecule has 23 heavy (non-hydrogen) atoms. The lowest BCUT2D eigenvalue weighted by Gasteiger charge is -2.23. The number of hydrogen-bond donors (Lipinski definition) is 0. The molecule has 0 radical (unpaired) electrons. The SMILES string of the molecule is C=C1C=CC(=O)N1CCN1C(=C)C(SCCCCCC)CC1=O. The predicted octanol–water partition coefficient (Wildman–Crippen LogP) is 3.33. The Balaban J connectivity index is 1.77. The molecule has 0 saturated carbocycles. The van der Waals surface area contributed by atoms with E-state index in [0.717, 1.165) is 11.4 Å². The molecule has 2 rings (SSSR count). The number of likely N-dealkylation sites (tertiary alicyclic amines) is 1. The van der Waals surface area contributed by atoms with Crippen molar-refractivity contribution in [2.24, 2.45) is 0 Å². The summed E-state index contributed by atoms with van der Waals surface area (Å²) in [6.07, 6.45) is 8.72. The lowest BCUT2D eigenvalue weighted by molar-refractivity contribution is -0.128. The summed E-state index contributed by atoms with van der Waals surface area (Å²) < 4.78 is 0. The quantitative estimate of drug-likeness (QED) is 0.607. The third-order valence-corrected chi connectivity index (χ3v) is 5.64. The lowest BCUT2D eigenvalue weighted by atomic mass is 10.2. The fourth-order valence-electron chi connectivity index (χ4n) is 2.84. The van der Waals surface area contributed by atoms with Crippen molar-refractivity contribution >= 4 is 23.6 Å². The van der Waals surface area contributed by atoms with Crippen LogP contribution in [0.1, 0.15) is 39.0 Å². The molecule has 1 saturated heterocycles. The molecule has 1 fully saturated rings. The number of nitrogens with zero attached hydrogens (tertiary/aromatic N) is 2. The first-order chi connectivity index (χ1) is 11.0. The van der Waals surface area contributed by atoms with Crippen LogP contribution in [0, 0.1) is 0 Å². The van der Waals surface area contributed by atoms with E-state index in [-0.39, 0.29) is 17.1 Å². The van der Waals surface area contributed by atoms with Crippen LogP contribution in [0.4, 0.5) is 0 Å². The van der Waals surface area contributed by atoms with E-state index >= 15 is 0 Å². The number of allylic oxidation sites excluding steroid dienone is 1. The molecule has 0 aromatic rings. The van der Waals surface area contributed by atoms with Crippen LogP contribution in [0.5, 0.6) is 0 Å². The van der Waals surface area contributed by atoms with Crippen LogP contribution in [0.3, 0.4) is 0 Å². The molecule has 0 aromatic heterocycles. The number of amides is 2. The van der Waals surface area contributed by atoms with Crippen molar-refractivity contribution < 1.29 is 9.59 Å². The molecule has 0 aromatic carbocycles. The number of hydrogen-bond acceptors (Lipinski definition) is 3. The minimum Gasteiger partial charge on any atom is -0.314 e. The molecule has 1 atom stereocenters. The van der Waals surface area contributed by atoms with Gasteiger partial charge in [0, 0.05) is 37.0 Å². The second-order valence-electron chi connectivity index (χ2n) is 5.98. The van der Waals surface area contributed by atoms with Crippen LogP contribution < -0.4 is 0 Å². The molecule has 5 heteroatoms. The minimum atomic E-state index is -0.0610. The highest BCUT2D eigenvalue weighted by Gasteiger charge is 2.34. The average Bonchev–Trinajstić information content (AvgIpc) is 2.98. The molecule has 0 spiro atoms. The number of carbonyl (C=O) groups excluding carboxylic acids is 2. The Kier molecular flexibility index (Phi) is 6.51. The maximum atomic E-state index is 12.2. The van der Waals surface area contributed by atoms with Crippen LogP contribution in [0.15, 0.2) is 36.7 Å². The molecule has 2 heterocycles. The minimum absolute atomic E-state index is 0.0610. The Hall–Kier alpha value is -1.49. The van der Waals surface area contributed by atoms with E-state index < -0.39 is 0 Å². The zero-order valence-corrected chi connectivity index (χ0v) is 14.7. The smallest absolute Gasteiger partial charge is 0.251 e. The second-order valence-corrected chi connectivity index (χ2v) is 7.29. The van der Waals surface area contributed by atoms with Crippen LogP contribution in [-0.4, -0.2) is 45.7 Å². The predicted molar refractivity (Wildman–Crippen MR) is 95.9 cm³/mol. The largest absolute Gasteiger partial charge is 0.314 e. The third kappa shape index (κ3) is 4.50. The van der Waals surface area contributed by atoms with Crippen LogP contribution in [0.2, 0.25) is 0 Å². The summed E-state index contributed by atoms with van der Waals surface area (Å²) in [4.78, 5) is 27.2. The zero-order valence-electron chi connectivity index (χ0n) is 13.9. The van der Waals surface area contributed by atoms with Crippen molar-refractivity contribution in [2.45, 2.75) is 44.3 Å².